The monoisotopic (exact) mass is 274 g/mol. The molecule has 2 fully saturated rings. The van der Waals surface area contributed by atoms with Gasteiger partial charge >= 0.3 is 0 Å². The Morgan fingerprint density at radius 1 is 1.20 bits per heavy atom. The molecule has 2 saturated carbocycles. The zero-order valence-electron chi connectivity index (χ0n) is 12.2. The van der Waals surface area contributed by atoms with Gasteiger partial charge in [-0.3, -0.25) is 4.79 Å². The molecular weight excluding hydrogens is 251 g/mol. The minimum absolute atomic E-state index is 0.154. The van der Waals surface area contributed by atoms with Crippen molar-refractivity contribution in [1.82, 2.24) is 0 Å². The van der Waals surface area contributed by atoms with E-state index in [1.807, 2.05) is 12.2 Å². The smallest absolute Gasteiger partial charge is 0.155 e. The average molecular weight is 274 g/mol. The second kappa shape index (κ2) is 4.29. The van der Waals surface area contributed by atoms with Crippen LogP contribution in [0.25, 0.3) is 0 Å². The first-order chi connectivity index (χ1) is 9.59. The van der Waals surface area contributed by atoms with E-state index < -0.39 is 0 Å². The molecule has 20 heavy (non-hydrogen) atoms. The van der Waals surface area contributed by atoms with Gasteiger partial charge in [0.2, 0.25) is 0 Å². The SMILES string of the molecule is C[C@]12CCC3C4CCC(=O)C=C4CCC3C1CC=C2F. The second-order valence-corrected chi connectivity index (χ2v) is 7.55. The molecule has 2 heteroatoms. The molecule has 0 heterocycles. The number of ketones is 1. The fourth-order valence-corrected chi connectivity index (χ4v) is 5.70. The molecule has 108 valence electrons. The standard InChI is InChI=1S/C18H23FO/c1-18-9-8-14-13-5-3-12(20)10-11(13)2-4-15(14)16(18)6-7-17(18)19/h7,10,13-16H,2-6,8-9H2,1H3/t13?,14?,15?,16?,18-/m0/s1. The van der Waals surface area contributed by atoms with Crippen molar-refractivity contribution < 1.29 is 9.18 Å². The first-order valence-corrected chi connectivity index (χ1v) is 8.19. The van der Waals surface area contributed by atoms with Gasteiger partial charge in [-0.15, -0.1) is 0 Å². The highest BCUT2D eigenvalue weighted by Crippen LogP contribution is 2.62. The van der Waals surface area contributed by atoms with Gasteiger partial charge in [-0.05, 0) is 68.3 Å². The van der Waals surface area contributed by atoms with Gasteiger partial charge in [0.05, 0.1) is 0 Å². The molecule has 0 aromatic heterocycles. The van der Waals surface area contributed by atoms with Crippen LogP contribution < -0.4 is 0 Å². The van der Waals surface area contributed by atoms with Crippen LogP contribution in [0.15, 0.2) is 23.6 Å². The lowest BCUT2D eigenvalue weighted by Crippen LogP contribution is -2.45. The minimum atomic E-state index is -0.174. The lowest BCUT2D eigenvalue weighted by molar-refractivity contribution is -0.116. The molecule has 0 radical (unpaired) electrons. The molecular formula is C18H23FO. The summed E-state index contributed by atoms with van der Waals surface area (Å²) < 4.78 is 14.2. The number of allylic oxidation sites excluding steroid dienone is 4. The predicted molar refractivity (Wildman–Crippen MR) is 76.7 cm³/mol. The summed E-state index contributed by atoms with van der Waals surface area (Å²) in [5.74, 6) is 3.00. The van der Waals surface area contributed by atoms with Gasteiger partial charge in [0.1, 0.15) is 5.83 Å². The Kier molecular flexibility index (Phi) is 2.74. The first-order valence-electron chi connectivity index (χ1n) is 8.19. The zero-order chi connectivity index (χ0) is 13.9. The van der Waals surface area contributed by atoms with Gasteiger partial charge in [0, 0.05) is 11.8 Å². The Bertz CT molecular complexity index is 518. The maximum Gasteiger partial charge on any atom is 0.155 e. The van der Waals surface area contributed by atoms with Crippen molar-refractivity contribution in [3.8, 4) is 0 Å². The summed E-state index contributed by atoms with van der Waals surface area (Å²) >= 11 is 0. The van der Waals surface area contributed by atoms with E-state index in [9.17, 15) is 9.18 Å². The Morgan fingerprint density at radius 3 is 2.90 bits per heavy atom. The van der Waals surface area contributed by atoms with E-state index in [1.165, 1.54) is 12.0 Å². The Labute approximate surface area is 120 Å². The quantitative estimate of drug-likeness (QED) is 0.631. The Morgan fingerprint density at radius 2 is 2.05 bits per heavy atom. The molecule has 0 amide bonds. The van der Waals surface area contributed by atoms with Crippen LogP contribution in [0.3, 0.4) is 0 Å². The predicted octanol–water partition coefficient (Wildman–Crippen LogP) is 4.59. The maximum absolute atomic E-state index is 14.2. The van der Waals surface area contributed by atoms with Crippen molar-refractivity contribution in [3.63, 3.8) is 0 Å². The van der Waals surface area contributed by atoms with Crippen molar-refractivity contribution in [1.29, 1.82) is 0 Å². The third-order valence-electron chi connectivity index (χ3n) is 6.79. The highest BCUT2D eigenvalue weighted by Gasteiger charge is 2.54. The minimum Gasteiger partial charge on any atom is -0.295 e. The molecule has 0 saturated heterocycles. The summed E-state index contributed by atoms with van der Waals surface area (Å²) in [4.78, 5) is 11.6. The Hall–Kier alpha value is -0.920. The molecule has 4 aliphatic rings. The third kappa shape index (κ3) is 1.63. The molecule has 0 bridgehead atoms. The molecule has 0 aliphatic heterocycles. The molecule has 0 N–H and O–H groups in total. The van der Waals surface area contributed by atoms with Crippen LogP contribution in [0.5, 0.6) is 0 Å². The van der Waals surface area contributed by atoms with Gasteiger partial charge in [-0.1, -0.05) is 18.6 Å². The summed E-state index contributed by atoms with van der Waals surface area (Å²) in [6.07, 6.45) is 10.9. The van der Waals surface area contributed by atoms with Crippen LogP contribution in [0.4, 0.5) is 4.39 Å². The van der Waals surface area contributed by atoms with Crippen LogP contribution in [-0.2, 0) is 4.79 Å². The number of carbonyl (C=O) groups is 1. The fraction of sp³-hybridized carbons (Fsp3) is 0.722. The largest absolute Gasteiger partial charge is 0.295 e. The van der Waals surface area contributed by atoms with Crippen LogP contribution >= 0.6 is 0 Å². The van der Waals surface area contributed by atoms with E-state index >= 15 is 0 Å². The van der Waals surface area contributed by atoms with E-state index in [-0.39, 0.29) is 11.2 Å². The van der Waals surface area contributed by atoms with Crippen molar-refractivity contribution >= 4 is 5.78 Å². The fourth-order valence-electron chi connectivity index (χ4n) is 5.70. The van der Waals surface area contributed by atoms with Crippen molar-refractivity contribution in [2.24, 2.45) is 29.1 Å². The number of fused-ring (bicyclic) bond motifs is 5. The topological polar surface area (TPSA) is 17.1 Å². The number of hydrogen-bond acceptors (Lipinski definition) is 1. The zero-order valence-corrected chi connectivity index (χ0v) is 12.2. The normalized spacial score (nSPS) is 47.0. The molecule has 0 spiro atoms. The number of hydrogen-bond donors (Lipinski definition) is 0. The maximum atomic E-state index is 14.2. The van der Waals surface area contributed by atoms with Gasteiger partial charge in [0.15, 0.2) is 5.78 Å². The van der Waals surface area contributed by atoms with Crippen molar-refractivity contribution in [3.05, 3.63) is 23.6 Å². The lowest BCUT2D eigenvalue weighted by atomic mass is 9.52. The molecule has 5 atom stereocenters. The number of rotatable bonds is 0. The summed E-state index contributed by atoms with van der Waals surface area (Å²) in [5.41, 5.74) is 1.24. The molecule has 1 nitrogen and oxygen atoms in total. The molecule has 0 aromatic carbocycles. The second-order valence-electron chi connectivity index (χ2n) is 7.55. The highest BCUT2D eigenvalue weighted by molar-refractivity contribution is 5.91. The van der Waals surface area contributed by atoms with E-state index in [1.54, 1.807) is 0 Å². The van der Waals surface area contributed by atoms with Gasteiger partial charge in [-0.25, -0.2) is 4.39 Å². The van der Waals surface area contributed by atoms with Crippen LogP contribution in [0, 0.1) is 29.1 Å². The van der Waals surface area contributed by atoms with Gasteiger partial charge in [0.25, 0.3) is 0 Å². The summed E-state index contributed by atoms with van der Waals surface area (Å²) in [6, 6.07) is 0. The Balaban J connectivity index is 1.64. The average Bonchev–Trinajstić information content (AvgIpc) is 2.74. The van der Waals surface area contributed by atoms with Gasteiger partial charge in [-0.2, -0.15) is 0 Å². The molecule has 4 unspecified atom stereocenters. The summed E-state index contributed by atoms with van der Waals surface area (Å²) in [6.45, 7) is 2.14. The molecule has 0 aromatic rings. The van der Waals surface area contributed by atoms with E-state index in [0.29, 0.717) is 29.5 Å². The van der Waals surface area contributed by atoms with Crippen molar-refractivity contribution in [2.45, 2.75) is 51.9 Å². The van der Waals surface area contributed by atoms with E-state index in [2.05, 4.69) is 6.92 Å². The van der Waals surface area contributed by atoms with Crippen LogP contribution in [-0.4, -0.2) is 5.78 Å². The van der Waals surface area contributed by atoms with Crippen LogP contribution in [0.2, 0.25) is 0 Å². The summed E-state index contributed by atoms with van der Waals surface area (Å²) in [7, 11) is 0. The van der Waals surface area contributed by atoms with Crippen LogP contribution in [0.1, 0.15) is 51.9 Å². The first kappa shape index (κ1) is 12.8. The molecule has 4 rings (SSSR count). The van der Waals surface area contributed by atoms with E-state index in [4.69, 9.17) is 0 Å². The van der Waals surface area contributed by atoms with E-state index in [0.717, 1.165) is 38.5 Å². The van der Waals surface area contributed by atoms with Gasteiger partial charge < -0.3 is 0 Å². The summed E-state index contributed by atoms with van der Waals surface area (Å²) in [5, 5.41) is 0. The number of halogens is 1. The molecule has 4 aliphatic carbocycles. The highest BCUT2D eigenvalue weighted by atomic mass is 19.1. The third-order valence-corrected chi connectivity index (χ3v) is 6.79. The lowest BCUT2D eigenvalue weighted by Gasteiger charge is -2.52. The number of carbonyl (C=O) groups excluding carboxylic acids is 1. The van der Waals surface area contributed by atoms with Crippen molar-refractivity contribution in [2.75, 3.05) is 0 Å².